The lowest BCUT2D eigenvalue weighted by Crippen LogP contribution is -2.36. The van der Waals surface area contributed by atoms with Crippen LogP contribution >= 0.6 is 0 Å². The molecule has 1 fully saturated rings. The number of ketones is 1. The molecule has 0 aliphatic heterocycles. The zero-order valence-electron chi connectivity index (χ0n) is 23.4. The van der Waals surface area contributed by atoms with Gasteiger partial charge in [0.1, 0.15) is 5.54 Å². The standard InChI is InChI=1S/C36H30F3N3O/c37-34-19-16-30(31(41-34)17-18-33(43)26-20-22-35(38,39)23-21-26)32-24-42(25-40-32)36(27-10-4-1-5-11-27,28-12-6-2-7-13-28)29-14-8-3-9-15-29/h1-19,24-26H,20-23H2/b18-17+. The summed E-state index contributed by atoms with van der Waals surface area (Å²) in [5.41, 5.74) is 3.63. The molecule has 7 heteroatoms. The predicted octanol–water partition coefficient (Wildman–Crippen LogP) is 8.33. The van der Waals surface area contributed by atoms with Gasteiger partial charge < -0.3 is 4.57 Å². The molecule has 2 aromatic heterocycles. The van der Waals surface area contributed by atoms with E-state index in [4.69, 9.17) is 4.98 Å². The number of pyridine rings is 1. The molecule has 0 amide bonds. The van der Waals surface area contributed by atoms with E-state index in [2.05, 4.69) is 41.4 Å². The molecule has 0 spiro atoms. The van der Waals surface area contributed by atoms with Gasteiger partial charge in [-0.15, -0.1) is 0 Å². The first-order chi connectivity index (χ1) is 20.9. The summed E-state index contributed by atoms with van der Waals surface area (Å²) in [5.74, 6) is -4.14. The molecule has 0 atom stereocenters. The van der Waals surface area contributed by atoms with Crippen LogP contribution in [0.15, 0.2) is 122 Å². The van der Waals surface area contributed by atoms with Gasteiger partial charge in [0.05, 0.1) is 17.7 Å². The molecule has 4 nitrogen and oxygen atoms in total. The first-order valence-electron chi connectivity index (χ1n) is 14.3. The summed E-state index contributed by atoms with van der Waals surface area (Å²) in [4.78, 5) is 21.7. The van der Waals surface area contributed by atoms with Crippen molar-refractivity contribution in [1.29, 1.82) is 0 Å². The van der Waals surface area contributed by atoms with Gasteiger partial charge in [-0.2, -0.15) is 4.39 Å². The van der Waals surface area contributed by atoms with Crippen molar-refractivity contribution >= 4 is 11.9 Å². The van der Waals surface area contributed by atoms with Crippen LogP contribution in [0.25, 0.3) is 17.3 Å². The van der Waals surface area contributed by atoms with Gasteiger partial charge in [-0.1, -0.05) is 91.0 Å². The number of hydrogen-bond donors (Lipinski definition) is 0. The summed E-state index contributed by atoms with van der Waals surface area (Å²) in [6.45, 7) is 0. The van der Waals surface area contributed by atoms with Crippen LogP contribution in [-0.4, -0.2) is 26.2 Å². The van der Waals surface area contributed by atoms with Gasteiger partial charge in [0.2, 0.25) is 11.9 Å². The maximum Gasteiger partial charge on any atom is 0.248 e. The van der Waals surface area contributed by atoms with Crippen molar-refractivity contribution in [3.63, 3.8) is 0 Å². The zero-order valence-corrected chi connectivity index (χ0v) is 23.4. The number of allylic oxidation sites excluding steroid dienone is 1. The lowest BCUT2D eigenvalue weighted by molar-refractivity contribution is -0.122. The number of rotatable bonds is 8. The molecule has 1 aliphatic carbocycles. The van der Waals surface area contributed by atoms with Gasteiger partial charge in [0.15, 0.2) is 5.78 Å². The second-order valence-corrected chi connectivity index (χ2v) is 10.9. The van der Waals surface area contributed by atoms with E-state index >= 15 is 0 Å². The maximum absolute atomic E-state index is 14.3. The Bertz CT molecular complexity index is 1630. The Balaban J connectivity index is 1.43. The fourth-order valence-corrected chi connectivity index (χ4v) is 6.05. The van der Waals surface area contributed by atoms with Crippen LogP contribution < -0.4 is 0 Å². The summed E-state index contributed by atoms with van der Waals surface area (Å²) in [5, 5.41) is 0. The summed E-state index contributed by atoms with van der Waals surface area (Å²) in [6.07, 6.45) is 6.12. The summed E-state index contributed by atoms with van der Waals surface area (Å²) in [6, 6.07) is 33.3. The Morgan fingerprint density at radius 2 is 1.35 bits per heavy atom. The minimum Gasteiger partial charge on any atom is -0.318 e. The number of benzene rings is 3. The molecular weight excluding hydrogens is 547 g/mol. The van der Waals surface area contributed by atoms with Crippen LogP contribution in [0.4, 0.5) is 13.2 Å². The van der Waals surface area contributed by atoms with Crippen LogP contribution in [-0.2, 0) is 10.3 Å². The largest absolute Gasteiger partial charge is 0.318 e. The van der Waals surface area contributed by atoms with E-state index < -0.39 is 23.3 Å². The van der Waals surface area contributed by atoms with E-state index in [9.17, 15) is 18.0 Å². The average molecular weight is 578 g/mol. The fraction of sp³-hybridized carbons (Fsp3) is 0.194. The quantitative estimate of drug-likeness (QED) is 0.106. The molecule has 0 N–H and O–H groups in total. The molecule has 0 radical (unpaired) electrons. The van der Waals surface area contributed by atoms with Crippen LogP contribution in [0.5, 0.6) is 0 Å². The Morgan fingerprint density at radius 3 is 1.88 bits per heavy atom. The summed E-state index contributed by atoms with van der Waals surface area (Å²) >= 11 is 0. The monoisotopic (exact) mass is 577 g/mol. The maximum atomic E-state index is 14.3. The molecule has 3 aromatic carbocycles. The van der Waals surface area contributed by atoms with Gasteiger partial charge in [-0.25, -0.2) is 18.7 Å². The minimum absolute atomic E-state index is 0.130. The molecule has 0 saturated heterocycles. The number of carbonyl (C=O) groups is 1. The van der Waals surface area contributed by atoms with Gasteiger partial charge in [0.25, 0.3) is 0 Å². The van der Waals surface area contributed by atoms with Crippen LogP contribution in [0.2, 0.25) is 0 Å². The molecule has 216 valence electrons. The Kier molecular flexibility index (Phi) is 7.80. The lowest BCUT2D eigenvalue weighted by atomic mass is 9.77. The highest BCUT2D eigenvalue weighted by Crippen LogP contribution is 2.42. The van der Waals surface area contributed by atoms with Crippen molar-refractivity contribution in [1.82, 2.24) is 14.5 Å². The minimum atomic E-state index is -2.72. The fourth-order valence-electron chi connectivity index (χ4n) is 6.05. The Morgan fingerprint density at radius 1 is 0.814 bits per heavy atom. The zero-order chi connectivity index (χ0) is 29.9. The summed E-state index contributed by atoms with van der Waals surface area (Å²) < 4.78 is 43.6. The van der Waals surface area contributed by atoms with E-state index in [1.54, 1.807) is 12.4 Å². The van der Waals surface area contributed by atoms with Crippen molar-refractivity contribution < 1.29 is 18.0 Å². The van der Waals surface area contributed by atoms with Crippen molar-refractivity contribution in [2.24, 2.45) is 5.92 Å². The molecule has 1 saturated carbocycles. The van der Waals surface area contributed by atoms with Gasteiger partial charge in [-0.3, -0.25) is 4.79 Å². The third kappa shape index (κ3) is 5.67. The van der Waals surface area contributed by atoms with Gasteiger partial charge in [-0.05, 0) is 53.8 Å². The number of aromatic nitrogens is 3. The third-order valence-corrected chi connectivity index (χ3v) is 8.24. The van der Waals surface area contributed by atoms with Crippen molar-refractivity contribution in [2.45, 2.75) is 37.1 Å². The van der Waals surface area contributed by atoms with Crippen LogP contribution in [0.3, 0.4) is 0 Å². The van der Waals surface area contributed by atoms with Crippen molar-refractivity contribution in [3.05, 3.63) is 150 Å². The third-order valence-electron chi connectivity index (χ3n) is 8.24. The second kappa shape index (κ2) is 11.8. The van der Waals surface area contributed by atoms with E-state index in [1.165, 1.54) is 18.2 Å². The van der Waals surface area contributed by atoms with E-state index in [0.717, 1.165) is 16.7 Å². The molecule has 1 aliphatic rings. The van der Waals surface area contributed by atoms with Crippen LogP contribution in [0, 0.1) is 11.9 Å². The number of imidazole rings is 1. The number of hydrogen-bond acceptors (Lipinski definition) is 3. The summed E-state index contributed by atoms with van der Waals surface area (Å²) in [7, 11) is 0. The molecule has 5 aromatic rings. The number of carbonyl (C=O) groups excluding carboxylic acids is 1. The number of halogens is 3. The molecule has 2 heterocycles. The highest BCUT2D eigenvalue weighted by atomic mass is 19.3. The van der Waals surface area contributed by atoms with Gasteiger partial charge in [0, 0.05) is 30.5 Å². The number of alkyl halides is 2. The first-order valence-corrected chi connectivity index (χ1v) is 14.3. The van der Waals surface area contributed by atoms with Crippen molar-refractivity contribution in [2.75, 3.05) is 0 Å². The van der Waals surface area contributed by atoms with E-state index in [-0.39, 0.29) is 37.2 Å². The topological polar surface area (TPSA) is 47.8 Å². The van der Waals surface area contributed by atoms with Crippen molar-refractivity contribution in [3.8, 4) is 11.3 Å². The van der Waals surface area contributed by atoms with Crippen LogP contribution in [0.1, 0.15) is 48.1 Å². The Labute approximate surface area is 248 Å². The highest BCUT2D eigenvalue weighted by Gasteiger charge is 2.39. The van der Waals surface area contributed by atoms with E-state index in [1.807, 2.05) is 65.4 Å². The smallest absolute Gasteiger partial charge is 0.248 e. The first kappa shape index (κ1) is 28.3. The average Bonchev–Trinajstić information content (AvgIpc) is 3.52. The normalized spacial score (nSPS) is 15.5. The predicted molar refractivity (Wildman–Crippen MR) is 161 cm³/mol. The Hall–Kier alpha value is -4.78. The molecule has 43 heavy (non-hydrogen) atoms. The SMILES string of the molecule is O=C(/C=C/c1nc(F)ccc1-c1cn(C(c2ccccc2)(c2ccccc2)c2ccccc2)cn1)C1CCC(F)(F)CC1. The van der Waals surface area contributed by atoms with E-state index in [0.29, 0.717) is 11.3 Å². The second-order valence-electron chi connectivity index (χ2n) is 10.9. The molecule has 0 bridgehead atoms. The molecule has 6 rings (SSSR count). The molecular formula is C36H30F3N3O. The number of nitrogens with zero attached hydrogens (tertiary/aromatic N) is 3. The molecule has 0 unspecified atom stereocenters. The van der Waals surface area contributed by atoms with Gasteiger partial charge >= 0.3 is 0 Å². The lowest BCUT2D eigenvalue weighted by Gasteiger charge is -2.37. The highest BCUT2D eigenvalue weighted by molar-refractivity contribution is 5.96.